The molecule has 0 aliphatic rings. The van der Waals surface area contributed by atoms with Crippen LogP contribution >= 0.6 is 11.3 Å². The number of thiophene rings is 1. The van der Waals surface area contributed by atoms with Gasteiger partial charge in [0, 0.05) is 4.88 Å². The van der Waals surface area contributed by atoms with Crippen LogP contribution in [0.25, 0.3) is 10.4 Å². The number of aromatic carboxylic acids is 1. The van der Waals surface area contributed by atoms with Gasteiger partial charge in [-0.25, -0.2) is 9.59 Å². The first-order valence-corrected chi connectivity index (χ1v) is 7.91. The van der Waals surface area contributed by atoms with Crippen LogP contribution in [0.5, 0.6) is 0 Å². The standard InChI is InChI=1S/C17H19NO4S/c1-10-5-7-11(8-6-10)13-9-12(14(23-13)15(19)20)18-16(21)22-17(2,3)4/h5-9H,1-4H3,(H,18,21)(H,19,20). The van der Waals surface area contributed by atoms with Gasteiger partial charge in [0.1, 0.15) is 10.5 Å². The smallest absolute Gasteiger partial charge is 0.412 e. The van der Waals surface area contributed by atoms with Crippen molar-refractivity contribution in [2.24, 2.45) is 0 Å². The number of rotatable bonds is 3. The van der Waals surface area contributed by atoms with Gasteiger partial charge in [0.05, 0.1) is 5.69 Å². The third-order valence-corrected chi connectivity index (χ3v) is 4.07. The van der Waals surface area contributed by atoms with Gasteiger partial charge in [0.15, 0.2) is 0 Å². The first-order valence-electron chi connectivity index (χ1n) is 7.10. The van der Waals surface area contributed by atoms with Crippen LogP contribution in [-0.4, -0.2) is 22.8 Å². The van der Waals surface area contributed by atoms with Crippen LogP contribution in [0, 0.1) is 6.92 Å². The van der Waals surface area contributed by atoms with Crippen molar-refractivity contribution in [2.75, 3.05) is 5.32 Å². The van der Waals surface area contributed by atoms with Gasteiger partial charge in [0.2, 0.25) is 0 Å². The molecule has 0 aliphatic carbocycles. The van der Waals surface area contributed by atoms with E-state index in [0.29, 0.717) is 0 Å². The maximum atomic E-state index is 11.9. The summed E-state index contributed by atoms with van der Waals surface area (Å²) in [6.45, 7) is 7.22. The number of benzene rings is 1. The monoisotopic (exact) mass is 333 g/mol. The molecule has 122 valence electrons. The summed E-state index contributed by atoms with van der Waals surface area (Å²) >= 11 is 1.12. The summed E-state index contributed by atoms with van der Waals surface area (Å²) in [5.74, 6) is -1.08. The van der Waals surface area contributed by atoms with Crippen molar-refractivity contribution in [3.8, 4) is 10.4 Å². The van der Waals surface area contributed by atoms with E-state index < -0.39 is 17.7 Å². The number of hydrogen-bond acceptors (Lipinski definition) is 4. The fraction of sp³-hybridized carbons (Fsp3) is 0.294. The van der Waals surface area contributed by atoms with Crippen molar-refractivity contribution in [3.05, 3.63) is 40.8 Å². The van der Waals surface area contributed by atoms with E-state index >= 15 is 0 Å². The summed E-state index contributed by atoms with van der Waals surface area (Å²) in [5.41, 5.74) is 1.62. The molecule has 1 heterocycles. The molecule has 2 aromatic rings. The van der Waals surface area contributed by atoms with Gasteiger partial charge in [0.25, 0.3) is 0 Å². The van der Waals surface area contributed by atoms with Gasteiger partial charge in [-0.05, 0) is 39.3 Å². The van der Waals surface area contributed by atoms with E-state index in [2.05, 4.69) is 5.32 Å². The second-order valence-corrected chi connectivity index (χ2v) is 7.20. The highest BCUT2D eigenvalue weighted by Gasteiger charge is 2.21. The number of amides is 1. The molecule has 6 heteroatoms. The zero-order chi connectivity index (χ0) is 17.2. The molecule has 0 aliphatic heterocycles. The highest BCUT2D eigenvalue weighted by molar-refractivity contribution is 7.18. The second kappa shape index (κ2) is 6.42. The number of ether oxygens (including phenoxy) is 1. The minimum atomic E-state index is -1.08. The van der Waals surface area contributed by atoms with Gasteiger partial charge in [-0.1, -0.05) is 29.8 Å². The average Bonchev–Trinajstić information content (AvgIpc) is 2.81. The zero-order valence-electron chi connectivity index (χ0n) is 13.5. The molecule has 1 aromatic heterocycles. The molecule has 2 rings (SSSR count). The van der Waals surface area contributed by atoms with Crippen molar-refractivity contribution in [3.63, 3.8) is 0 Å². The normalized spacial score (nSPS) is 11.1. The molecule has 0 atom stereocenters. The average molecular weight is 333 g/mol. The summed E-state index contributed by atoms with van der Waals surface area (Å²) in [7, 11) is 0. The fourth-order valence-electron chi connectivity index (χ4n) is 1.92. The molecule has 0 saturated carbocycles. The Morgan fingerprint density at radius 1 is 1.17 bits per heavy atom. The lowest BCUT2D eigenvalue weighted by atomic mass is 10.1. The molecule has 23 heavy (non-hydrogen) atoms. The number of nitrogens with one attached hydrogen (secondary N) is 1. The van der Waals surface area contributed by atoms with Crippen molar-refractivity contribution < 1.29 is 19.4 Å². The van der Waals surface area contributed by atoms with Crippen molar-refractivity contribution >= 4 is 29.1 Å². The predicted molar refractivity (Wildman–Crippen MR) is 91.3 cm³/mol. The molecule has 0 bridgehead atoms. The molecule has 0 radical (unpaired) electrons. The number of carboxylic acids is 1. The first-order chi connectivity index (χ1) is 10.7. The molecule has 5 nitrogen and oxygen atoms in total. The summed E-state index contributed by atoms with van der Waals surface area (Å²) < 4.78 is 5.17. The van der Waals surface area contributed by atoms with Gasteiger partial charge in [-0.2, -0.15) is 0 Å². The van der Waals surface area contributed by atoms with Crippen LogP contribution in [0.1, 0.15) is 36.0 Å². The summed E-state index contributed by atoms with van der Waals surface area (Å²) in [6, 6.07) is 9.41. The van der Waals surface area contributed by atoms with Crippen LogP contribution in [0.4, 0.5) is 10.5 Å². The second-order valence-electron chi connectivity index (χ2n) is 6.15. The quantitative estimate of drug-likeness (QED) is 0.848. The highest BCUT2D eigenvalue weighted by atomic mass is 32.1. The third-order valence-electron chi connectivity index (χ3n) is 2.90. The van der Waals surface area contributed by atoms with E-state index in [0.717, 1.165) is 27.3 Å². The lowest BCUT2D eigenvalue weighted by Gasteiger charge is -2.19. The van der Waals surface area contributed by atoms with Crippen LogP contribution < -0.4 is 5.32 Å². The van der Waals surface area contributed by atoms with Crippen molar-refractivity contribution in [1.29, 1.82) is 0 Å². The van der Waals surface area contributed by atoms with Crippen LogP contribution in [0.15, 0.2) is 30.3 Å². The van der Waals surface area contributed by atoms with Crippen molar-refractivity contribution in [1.82, 2.24) is 0 Å². The fourth-order valence-corrected chi connectivity index (χ4v) is 2.87. The Kier molecular flexibility index (Phi) is 4.75. The molecular weight excluding hydrogens is 314 g/mol. The Labute approximate surface area is 138 Å². The first kappa shape index (κ1) is 17.0. The van der Waals surface area contributed by atoms with Crippen LogP contribution in [-0.2, 0) is 4.74 Å². The SMILES string of the molecule is Cc1ccc(-c2cc(NC(=O)OC(C)(C)C)c(C(=O)O)s2)cc1. The minimum Gasteiger partial charge on any atom is -0.477 e. The maximum absolute atomic E-state index is 11.9. The minimum absolute atomic E-state index is 0.0754. The zero-order valence-corrected chi connectivity index (χ0v) is 14.3. The molecule has 0 fully saturated rings. The third kappa shape index (κ3) is 4.56. The number of hydrogen-bond donors (Lipinski definition) is 2. The van der Waals surface area contributed by atoms with Gasteiger partial charge < -0.3 is 9.84 Å². The van der Waals surface area contributed by atoms with Gasteiger partial charge >= 0.3 is 12.1 Å². The molecule has 0 saturated heterocycles. The van der Waals surface area contributed by atoms with Gasteiger partial charge in [-0.3, -0.25) is 5.32 Å². The van der Waals surface area contributed by atoms with Crippen molar-refractivity contribution in [2.45, 2.75) is 33.3 Å². The molecule has 0 spiro atoms. The maximum Gasteiger partial charge on any atom is 0.412 e. The number of carbonyl (C=O) groups excluding carboxylic acids is 1. The highest BCUT2D eigenvalue weighted by Crippen LogP contribution is 2.35. The van der Waals surface area contributed by atoms with Gasteiger partial charge in [-0.15, -0.1) is 11.3 Å². The lowest BCUT2D eigenvalue weighted by Crippen LogP contribution is -2.27. The number of carbonyl (C=O) groups is 2. The lowest BCUT2D eigenvalue weighted by molar-refractivity contribution is 0.0636. The number of anilines is 1. The van der Waals surface area contributed by atoms with E-state index in [9.17, 15) is 14.7 Å². The van der Waals surface area contributed by atoms with Crippen LogP contribution in [0.3, 0.4) is 0 Å². The van der Waals surface area contributed by atoms with E-state index in [4.69, 9.17) is 4.74 Å². The Morgan fingerprint density at radius 3 is 2.30 bits per heavy atom. The molecule has 1 aromatic carbocycles. The molecule has 2 N–H and O–H groups in total. The predicted octanol–water partition coefficient (Wildman–Crippen LogP) is 4.77. The Morgan fingerprint density at radius 2 is 1.78 bits per heavy atom. The molecular formula is C17H19NO4S. The summed E-state index contributed by atoms with van der Waals surface area (Å²) in [5, 5.41) is 11.9. The van der Waals surface area contributed by atoms with E-state index in [-0.39, 0.29) is 10.6 Å². The Bertz CT molecular complexity index is 726. The van der Waals surface area contributed by atoms with E-state index in [1.165, 1.54) is 0 Å². The van der Waals surface area contributed by atoms with E-state index in [1.807, 2.05) is 31.2 Å². The molecule has 0 unspecified atom stereocenters. The number of aryl methyl sites for hydroxylation is 1. The largest absolute Gasteiger partial charge is 0.477 e. The molecule has 1 amide bonds. The number of carboxylic acid groups (broad SMARTS) is 1. The Balaban J connectivity index is 2.30. The summed E-state index contributed by atoms with van der Waals surface area (Å²) in [4.78, 5) is 24.1. The van der Waals surface area contributed by atoms with E-state index in [1.54, 1.807) is 26.8 Å². The van der Waals surface area contributed by atoms with Crippen LogP contribution in [0.2, 0.25) is 0 Å². The summed E-state index contributed by atoms with van der Waals surface area (Å²) in [6.07, 6.45) is -0.673. The Hall–Kier alpha value is -2.34. The topological polar surface area (TPSA) is 75.6 Å².